The molecule has 0 amide bonds. The largest absolute Gasteiger partial charge is 0.299 e. The lowest BCUT2D eigenvalue weighted by Crippen LogP contribution is -2.17. The second-order valence-electron chi connectivity index (χ2n) is 4.56. The van der Waals surface area contributed by atoms with Gasteiger partial charge in [0, 0.05) is 12.3 Å². The summed E-state index contributed by atoms with van der Waals surface area (Å²) in [7, 11) is 0. The zero-order chi connectivity index (χ0) is 12.0. The molecule has 1 rings (SSSR count). The van der Waals surface area contributed by atoms with Crippen molar-refractivity contribution >= 4 is 5.78 Å². The summed E-state index contributed by atoms with van der Waals surface area (Å²) in [5, 5.41) is 0. The van der Waals surface area contributed by atoms with Crippen molar-refractivity contribution in [1.29, 1.82) is 0 Å². The van der Waals surface area contributed by atoms with Gasteiger partial charge in [0.05, 0.1) is 0 Å². The minimum Gasteiger partial charge on any atom is -0.299 e. The van der Waals surface area contributed by atoms with E-state index in [1.54, 1.807) is 0 Å². The van der Waals surface area contributed by atoms with Gasteiger partial charge in [0.15, 0.2) is 0 Å². The van der Waals surface area contributed by atoms with Crippen LogP contribution in [0.15, 0.2) is 30.3 Å². The quantitative estimate of drug-likeness (QED) is 0.700. The third kappa shape index (κ3) is 3.48. The molecule has 0 saturated carbocycles. The average molecular weight is 218 g/mol. The lowest BCUT2D eigenvalue weighted by Gasteiger charge is -2.19. The summed E-state index contributed by atoms with van der Waals surface area (Å²) in [6.45, 7) is 6.32. The fourth-order valence-electron chi connectivity index (χ4n) is 1.90. The Hall–Kier alpha value is -1.11. The van der Waals surface area contributed by atoms with Crippen LogP contribution in [0.2, 0.25) is 0 Å². The number of ketones is 1. The molecule has 0 unspecified atom stereocenters. The summed E-state index contributed by atoms with van der Waals surface area (Å²) in [6.07, 6.45) is 2.84. The molecular weight excluding hydrogens is 196 g/mol. The fraction of sp³-hybridized carbons (Fsp3) is 0.533. The van der Waals surface area contributed by atoms with Gasteiger partial charge in [-0.15, -0.1) is 0 Å². The first-order valence-electron chi connectivity index (χ1n) is 6.24. The summed E-state index contributed by atoms with van der Waals surface area (Å²) in [4.78, 5) is 11.9. The van der Waals surface area contributed by atoms with Crippen LogP contribution in [0.3, 0.4) is 0 Å². The topological polar surface area (TPSA) is 17.1 Å². The van der Waals surface area contributed by atoms with Gasteiger partial charge >= 0.3 is 0 Å². The second-order valence-corrected chi connectivity index (χ2v) is 4.56. The van der Waals surface area contributed by atoms with Gasteiger partial charge in [-0.05, 0) is 17.9 Å². The molecule has 0 spiro atoms. The maximum atomic E-state index is 11.9. The van der Waals surface area contributed by atoms with E-state index in [4.69, 9.17) is 0 Å². The molecule has 1 heteroatoms. The molecule has 0 saturated heterocycles. The van der Waals surface area contributed by atoms with E-state index in [9.17, 15) is 4.79 Å². The van der Waals surface area contributed by atoms with E-state index >= 15 is 0 Å². The number of carbonyl (C=O) groups is 1. The Balaban J connectivity index is 2.60. The first-order chi connectivity index (χ1) is 7.66. The lowest BCUT2D eigenvalue weighted by atomic mass is 9.85. The van der Waals surface area contributed by atoms with Crippen LogP contribution < -0.4 is 0 Å². The highest BCUT2D eigenvalue weighted by Crippen LogP contribution is 2.25. The van der Waals surface area contributed by atoms with E-state index in [2.05, 4.69) is 32.9 Å². The van der Waals surface area contributed by atoms with Crippen molar-refractivity contribution in [2.24, 2.45) is 5.92 Å². The molecular formula is C15H22O. The van der Waals surface area contributed by atoms with Crippen molar-refractivity contribution < 1.29 is 4.79 Å². The number of benzene rings is 1. The Labute approximate surface area is 98.9 Å². The highest BCUT2D eigenvalue weighted by molar-refractivity contribution is 5.81. The number of rotatable bonds is 6. The van der Waals surface area contributed by atoms with Crippen molar-refractivity contribution in [1.82, 2.24) is 0 Å². The van der Waals surface area contributed by atoms with Crippen LogP contribution in [0.4, 0.5) is 0 Å². The lowest BCUT2D eigenvalue weighted by molar-refractivity contribution is -0.123. The van der Waals surface area contributed by atoms with Crippen LogP contribution in [0.5, 0.6) is 0 Å². The van der Waals surface area contributed by atoms with Gasteiger partial charge in [0.25, 0.3) is 0 Å². The molecule has 1 aromatic carbocycles. The third-order valence-electron chi connectivity index (χ3n) is 3.36. The van der Waals surface area contributed by atoms with Crippen molar-refractivity contribution in [3.63, 3.8) is 0 Å². The molecule has 0 aromatic heterocycles. The Morgan fingerprint density at radius 1 is 1.19 bits per heavy atom. The third-order valence-corrected chi connectivity index (χ3v) is 3.36. The molecule has 0 bridgehead atoms. The monoisotopic (exact) mass is 218 g/mol. The van der Waals surface area contributed by atoms with E-state index in [1.807, 2.05) is 18.2 Å². The first-order valence-corrected chi connectivity index (χ1v) is 6.24. The zero-order valence-corrected chi connectivity index (χ0v) is 10.6. The molecule has 0 aliphatic rings. The van der Waals surface area contributed by atoms with Gasteiger partial charge in [-0.3, -0.25) is 4.79 Å². The molecule has 16 heavy (non-hydrogen) atoms. The van der Waals surface area contributed by atoms with Crippen molar-refractivity contribution in [3.8, 4) is 0 Å². The van der Waals surface area contributed by atoms with E-state index in [1.165, 1.54) is 5.56 Å². The summed E-state index contributed by atoms with van der Waals surface area (Å²) in [6, 6.07) is 10.3. The number of unbranched alkanes of at least 4 members (excludes halogenated alkanes) is 1. The Bertz CT molecular complexity index is 315. The van der Waals surface area contributed by atoms with Crippen molar-refractivity contribution in [2.75, 3.05) is 0 Å². The van der Waals surface area contributed by atoms with Crippen LogP contribution in [-0.4, -0.2) is 5.78 Å². The van der Waals surface area contributed by atoms with Gasteiger partial charge in [-0.2, -0.15) is 0 Å². The second kappa shape index (κ2) is 6.47. The first kappa shape index (κ1) is 13.0. The standard InChI is InChI=1S/C15H22O/c1-4-5-11-15(16)13(3)12(2)14-9-7-6-8-10-14/h6-10,12-13H,4-5,11H2,1-3H3/t12-,13-/m0/s1. The molecule has 0 fully saturated rings. The maximum Gasteiger partial charge on any atom is 0.136 e. The van der Waals surface area contributed by atoms with E-state index in [0.717, 1.165) is 19.3 Å². The Kier molecular flexibility index (Phi) is 5.24. The predicted octanol–water partition coefficient (Wildman–Crippen LogP) is 4.19. The summed E-state index contributed by atoms with van der Waals surface area (Å²) >= 11 is 0. The number of hydrogen-bond donors (Lipinski definition) is 0. The number of hydrogen-bond acceptors (Lipinski definition) is 1. The van der Waals surface area contributed by atoms with Gasteiger partial charge in [0.2, 0.25) is 0 Å². The predicted molar refractivity (Wildman–Crippen MR) is 68.6 cm³/mol. The summed E-state index contributed by atoms with van der Waals surface area (Å²) < 4.78 is 0. The van der Waals surface area contributed by atoms with Gasteiger partial charge in [-0.25, -0.2) is 0 Å². The highest BCUT2D eigenvalue weighted by atomic mass is 16.1. The Morgan fingerprint density at radius 2 is 1.81 bits per heavy atom. The zero-order valence-electron chi connectivity index (χ0n) is 10.6. The van der Waals surface area contributed by atoms with Crippen LogP contribution in [0.1, 0.15) is 51.5 Å². The maximum absolute atomic E-state index is 11.9. The fourth-order valence-corrected chi connectivity index (χ4v) is 1.90. The molecule has 0 N–H and O–H groups in total. The molecule has 0 heterocycles. The SMILES string of the molecule is CCCCC(=O)[C@@H](C)[C@H](C)c1ccccc1. The van der Waals surface area contributed by atoms with E-state index < -0.39 is 0 Å². The van der Waals surface area contributed by atoms with E-state index in [-0.39, 0.29) is 5.92 Å². The van der Waals surface area contributed by atoms with E-state index in [0.29, 0.717) is 11.7 Å². The number of carbonyl (C=O) groups excluding carboxylic acids is 1. The van der Waals surface area contributed by atoms with Gasteiger partial charge < -0.3 is 0 Å². The minimum atomic E-state index is 0.133. The van der Waals surface area contributed by atoms with Crippen LogP contribution in [-0.2, 0) is 4.79 Å². The summed E-state index contributed by atoms with van der Waals surface area (Å²) in [5.74, 6) is 0.859. The molecule has 1 nitrogen and oxygen atoms in total. The minimum absolute atomic E-state index is 0.133. The van der Waals surface area contributed by atoms with Crippen molar-refractivity contribution in [2.45, 2.75) is 46.0 Å². The normalized spacial score (nSPS) is 14.4. The number of Topliss-reactive ketones (excluding diaryl/α,β-unsaturated/α-hetero) is 1. The molecule has 1 aromatic rings. The van der Waals surface area contributed by atoms with Gasteiger partial charge in [0.1, 0.15) is 5.78 Å². The Morgan fingerprint density at radius 3 is 2.38 bits per heavy atom. The smallest absolute Gasteiger partial charge is 0.136 e. The van der Waals surface area contributed by atoms with Crippen molar-refractivity contribution in [3.05, 3.63) is 35.9 Å². The average Bonchev–Trinajstić information content (AvgIpc) is 2.35. The molecule has 88 valence electrons. The highest BCUT2D eigenvalue weighted by Gasteiger charge is 2.20. The molecule has 2 atom stereocenters. The molecule has 0 aliphatic heterocycles. The van der Waals surface area contributed by atoms with Gasteiger partial charge in [-0.1, -0.05) is 57.5 Å². The van der Waals surface area contributed by atoms with Crippen LogP contribution in [0.25, 0.3) is 0 Å². The van der Waals surface area contributed by atoms with Crippen LogP contribution >= 0.6 is 0 Å². The molecule has 0 radical (unpaired) electrons. The summed E-state index contributed by atoms with van der Waals surface area (Å²) in [5.41, 5.74) is 1.26. The molecule has 0 aliphatic carbocycles. The van der Waals surface area contributed by atoms with Crippen LogP contribution in [0, 0.1) is 5.92 Å².